The lowest BCUT2D eigenvalue weighted by Gasteiger charge is -2.21. The highest BCUT2D eigenvalue weighted by atomic mass is 32.2. The van der Waals surface area contributed by atoms with Crippen molar-refractivity contribution in [3.8, 4) is 23.0 Å². The van der Waals surface area contributed by atoms with Crippen LogP contribution in [-0.4, -0.2) is 53.9 Å². The van der Waals surface area contributed by atoms with Gasteiger partial charge in [-0.2, -0.15) is 0 Å². The van der Waals surface area contributed by atoms with Gasteiger partial charge in [0.05, 0.1) is 22.6 Å². The number of nitrogens with zero attached hydrogens (tertiary/aromatic N) is 2. The van der Waals surface area contributed by atoms with Crippen molar-refractivity contribution in [3.05, 3.63) is 108 Å². The number of sulfone groups is 2. The van der Waals surface area contributed by atoms with Crippen LogP contribution >= 0.6 is 0 Å². The molecule has 0 bridgehead atoms. The molecule has 0 saturated heterocycles. The van der Waals surface area contributed by atoms with Crippen LogP contribution in [0.1, 0.15) is 37.8 Å². The Hall–Kier alpha value is -5.50. The predicted octanol–water partition coefficient (Wildman–Crippen LogP) is 8.03. The fraction of sp³-hybridized carbons (Fsp3) is 0.278. The van der Waals surface area contributed by atoms with Crippen LogP contribution in [0.4, 0.5) is 26.3 Å². The Bertz CT molecular complexity index is 2140. The number of rotatable bonds is 8. The van der Waals surface area contributed by atoms with Crippen molar-refractivity contribution >= 4 is 31.5 Å². The van der Waals surface area contributed by atoms with Gasteiger partial charge in [0.2, 0.25) is 11.8 Å². The summed E-state index contributed by atoms with van der Waals surface area (Å²) in [5.41, 5.74) is -0.647. The van der Waals surface area contributed by atoms with E-state index in [1.165, 1.54) is 97.1 Å². The Morgan fingerprint density at radius 1 is 0.518 bits per heavy atom. The van der Waals surface area contributed by atoms with Crippen molar-refractivity contribution in [3.63, 3.8) is 0 Å². The van der Waals surface area contributed by atoms with Crippen LogP contribution in [0.25, 0.3) is 0 Å². The third-order valence-electron chi connectivity index (χ3n) is 8.05. The van der Waals surface area contributed by atoms with Gasteiger partial charge in [0.25, 0.3) is 0 Å². The number of halogens is 6. The monoisotopic (exact) mass is 830 g/mol. The van der Waals surface area contributed by atoms with Gasteiger partial charge in [-0.1, -0.05) is 34.6 Å². The lowest BCUT2D eigenvalue weighted by atomic mass is 9.93. The number of oxime groups is 2. The molecule has 2 heterocycles. The Labute approximate surface area is 317 Å². The molecule has 0 spiro atoms. The molecule has 20 heteroatoms. The molecule has 300 valence electrons. The first kappa shape index (κ1) is 41.7. The summed E-state index contributed by atoms with van der Waals surface area (Å²) in [7, 11) is -6.62. The van der Waals surface area contributed by atoms with Crippen molar-refractivity contribution < 1.29 is 71.8 Å². The van der Waals surface area contributed by atoms with Crippen molar-refractivity contribution in [2.24, 2.45) is 10.3 Å². The Morgan fingerprint density at radius 2 is 0.804 bits per heavy atom. The average Bonchev–Trinajstić information content (AvgIpc) is 3.66. The minimum absolute atomic E-state index is 0.162. The summed E-state index contributed by atoms with van der Waals surface area (Å²) < 4.78 is 138. The van der Waals surface area contributed by atoms with Crippen LogP contribution in [0.2, 0.25) is 0 Å². The van der Waals surface area contributed by atoms with Gasteiger partial charge in [-0.15, -0.1) is 26.3 Å². The summed E-state index contributed by atoms with van der Waals surface area (Å²) in [5.74, 6) is 0.610. The van der Waals surface area contributed by atoms with Crippen molar-refractivity contribution in [2.45, 2.75) is 60.4 Å². The molecule has 12 nitrogen and oxygen atoms in total. The van der Waals surface area contributed by atoms with E-state index < -0.39 is 43.6 Å². The largest absolute Gasteiger partial charge is 0.573 e. The predicted molar refractivity (Wildman–Crippen MR) is 188 cm³/mol. The molecule has 4 aromatic carbocycles. The van der Waals surface area contributed by atoms with E-state index in [9.17, 15) is 43.2 Å². The molecular formula is C36H32F6N2O10S2. The Kier molecular flexibility index (Phi) is 11.6. The minimum atomic E-state index is -4.76. The standard InChI is InChI=1S/2C18H16F3NO5S/c2*1-17(12-3-5-14(6-4-12)26-18(19,20)21)11-16(22-27-17)25-13-7-9-15(10-8-13)28(2,23)24/h2*3-10H,11H2,1-2H3/t2*17-/m10/s1. The summed E-state index contributed by atoms with van der Waals surface area (Å²) >= 11 is 0. The van der Waals surface area contributed by atoms with Gasteiger partial charge in [-0.3, -0.25) is 0 Å². The fourth-order valence-electron chi connectivity index (χ4n) is 5.23. The molecule has 0 saturated carbocycles. The first-order chi connectivity index (χ1) is 25.9. The Morgan fingerprint density at radius 3 is 1.07 bits per heavy atom. The van der Waals surface area contributed by atoms with E-state index in [-0.39, 0.29) is 45.9 Å². The molecule has 56 heavy (non-hydrogen) atoms. The average molecular weight is 831 g/mol. The highest BCUT2D eigenvalue weighted by molar-refractivity contribution is 7.91. The molecule has 2 aliphatic rings. The molecule has 0 amide bonds. The zero-order chi connectivity index (χ0) is 41.2. The zero-order valence-electron chi connectivity index (χ0n) is 29.7. The highest BCUT2D eigenvalue weighted by Gasteiger charge is 2.39. The van der Waals surface area contributed by atoms with Gasteiger partial charge in [0, 0.05) is 12.5 Å². The van der Waals surface area contributed by atoms with Crippen molar-refractivity contribution in [1.82, 2.24) is 0 Å². The van der Waals surface area contributed by atoms with Crippen molar-refractivity contribution in [2.75, 3.05) is 12.5 Å². The zero-order valence-corrected chi connectivity index (χ0v) is 31.3. The van der Waals surface area contributed by atoms with Crippen LogP contribution < -0.4 is 18.9 Å². The van der Waals surface area contributed by atoms with Crippen LogP contribution in [0, 0.1) is 0 Å². The van der Waals surface area contributed by atoms with E-state index in [4.69, 9.17) is 19.1 Å². The maximum Gasteiger partial charge on any atom is 0.573 e. The summed E-state index contributed by atoms with van der Waals surface area (Å²) in [6.07, 6.45) is -6.83. The molecule has 6 rings (SSSR count). The number of benzene rings is 4. The summed E-state index contributed by atoms with van der Waals surface area (Å²) in [6, 6.07) is 22.3. The molecule has 0 aliphatic carbocycles. The van der Waals surface area contributed by atoms with E-state index in [0.29, 0.717) is 22.6 Å². The maximum atomic E-state index is 12.3. The summed E-state index contributed by atoms with van der Waals surface area (Å²) in [4.78, 5) is 11.2. The molecule has 2 aliphatic heterocycles. The third-order valence-corrected chi connectivity index (χ3v) is 10.3. The lowest BCUT2D eigenvalue weighted by molar-refractivity contribution is -0.275. The lowest BCUT2D eigenvalue weighted by Crippen LogP contribution is -2.23. The molecule has 0 N–H and O–H groups in total. The minimum Gasteiger partial charge on any atom is -0.440 e. The maximum absolute atomic E-state index is 12.3. The van der Waals surface area contributed by atoms with Crippen molar-refractivity contribution in [1.29, 1.82) is 0 Å². The Balaban J connectivity index is 0.000000214. The summed E-state index contributed by atoms with van der Waals surface area (Å²) in [5, 5.41) is 7.76. The fourth-order valence-corrected chi connectivity index (χ4v) is 6.49. The second-order valence-electron chi connectivity index (χ2n) is 12.8. The van der Waals surface area contributed by atoms with E-state index >= 15 is 0 Å². The van der Waals surface area contributed by atoms with Crippen LogP contribution in [0.15, 0.2) is 117 Å². The molecule has 2 atom stereocenters. The highest BCUT2D eigenvalue weighted by Crippen LogP contribution is 2.38. The molecule has 0 unspecified atom stereocenters. The SMILES string of the molecule is C[C@@]1(c2ccc(OC(F)(F)F)cc2)CC(Oc2ccc(S(C)(=O)=O)cc2)=NO1.C[C@]1(c2ccc(OC(F)(F)F)cc2)CC(Oc2ccc(S(C)(=O)=O)cc2)=NO1. The van der Waals surface area contributed by atoms with Gasteiger partial charge >= 0.3 is 12.7 Å². The van der Waals surface area contributed by atoms with Gasteiger partial charge < -0.3 is 28.6 Å². The molecule has 0 fully saturated rings. The first-order valence-electron chi connectivity index (χ1n) is 16.1. The smallest absolute Gasteiger partial charge is 0.440 e. The van der Waals surface area contributed by atoms with Crippen LogP contribution in [0.3, 0.4) is 0 Å². The van der Waals surface area contributed by atoms with Gasteiger partial charge in [0.15, 0.2) is 30.9 Å². The topological polar surface area (TPSA) is 148 Å². The second kappa shape index (κ2) is 15.6. The number of ether oxygens (including phenoxy) is 4. The molecule has 4 aromatic rings. The van der Waals surface area contributed by atoms with E-state index in [2.05, 4.69) is 19.8 Å². The van der Waals surface area contributed by atoms with Gasteiger partial charge in [-0.05, 0) is 97.8 Å². The molecule has 0 radical (unpaired) electrons. The van der Waals surface area contributed by atoms with Crippen LogP contribution in [0.5, 0.6) is 23.0 Å². The number of alkyl halides is 6. The second-order valence-corrected chi connectivity index (χ2v) is 16.8. The molecular weight excluding hydrogens is 799 g/mol. The quantitative estimate of drug-likeness (QED) is 0.160. The molecule has 0 aromatic heterocycles. The van der Waals surface area contributed by atoms with E-state index in [0.717, 1.165) is 12.5 Å². The summed E-state index contributed by atoms with van der Waals surface area (Å²) in [6.45, 7) is 3.44. The van der Waals surface area contributed by atoms with E-state index in [1.807, 2.05) is 0 Å². The van der Waals surface area contributed by atoms with Crippen LogP contribution in [-0.2, 0) is 40.6 Å². The third kappa shape index (κ3) is 11.3. The number of hydrogen-bond acceptors (Lipinski definition) is 12. The van der Waals surface area contributed by atoms with Gasteiger partial charge in [0.1, 0.15) is 23.0 Å². The number of hydrogen-bond donors (Lipinski definition) is 0. The van der Waals surface area contributed by atoms with Gasteiger partial charge in [-0.25, -0.2) is 16.8 Å². The van der Waals surface area contributed by atoms with E-state index in [1.54, 1.807) is 13.8 Å². The first-order valence-corrected chi connectivity index (χ1v) is 19.9. The normalized spacial score (nSPS) is 19.7.